The molecule has 18 heavy (non-hydrogen) atoms. The molecule has 0 fully saturated rings. The van der Waals surface area contributed by atoms with Gasteiger partial charge in [-0.2, -0.15) is 0 Å². The first-order valence-electron chi connectivity index (χ1n) is 5.97. The van der Waals surface area contributed by atoms with Crippen LogP contribution in [0, 0.1) is 0 Å². The number of hydrogen-bond donors (Lipinski definition) is 1. The maximum Gasteiger partial charge on any atom is 0.413 e. The van der Waals surface area contributed by atoms with Gasteiger partial charge in [0.15, 0.2) is 0 Å². The summed E-state index contributed by atoms with van der Waals surface area (Å²) in [5.41, 5.74) is 1.15. The minimum absolute atomic E-state index is 0.0679. The van der Waals surface area contributed by atoms with Gasteiger partial charge in [0.05, 0.1) is 13.2 Å². The third-order valence-corrected chi connectivity index (χ3v) is 2.94. The first kappa shape index (κ1) is 12.4. The zero-order chi connectivity index (χ0) is 13.0. The van der Waals surface area contributed by atoms with Gasteiger partial charge in [0.2, 0.25) is 5.96 Å². The number of methoxy groups -OCH3 is 1. The summed E-state index contributed by atoms with van der Waals surface area (Å²) in [7, 11) is 1.34. The summed E-state index contributed by atoms with van der Waals surface area (Å²) in [6.07, 6.45) is -0.485. The Morgan fingerprint density at radius 1 is 1.50 bits per heavy atom. The summed E-state index contributed by atoms with van der Waals surface area (Å²) in [5.74, 6) is 0.582. The van der Waals surface area contributed by atoms with Gasteiger partial charge in [-0.15, -0.1) is 0 Å². The predicted octanol–water partition coefficient (Wildman–Crippen LogP) is 1.78. The summed E-state index contributed by atoms with van der Waals surface area (Å²) in [6, 6.07) is 10.1. The van der Waals surface area contributed by atoms with Crippen LogP contribution < -0.4 is 5.32 Å². The Kier molecular flexibility index (Phi) is 3.82. The highest BCUT2D eigenvalue weighted by Crippen LogP contribution is 2.23. The van der Waals surface area contributed by atoms with E-state index in [1.807, 2.05) is 42.2 Å². The molecule has 5 nitrogen and oxygen atoms in total. The third kappa shape index (κ3) is 2.61. The minimum atomic E-state index is -0.485. The molecule has 1 aromatic carbocycles. The van der Waals surface area contributed by atoms with E-state index in [2.05, 4.69) is 15.0 Å². The lowest BCUT2D eigenvalue weighted by molar-refractivity contribution is 0.175. The Bertz CT molecular complexity index is 445. The highest BCUT2D eigenvalue weighted by atomic mass is 16.5. The molecular weight excluding hydrogens is 230 g/mol. The van der Waals surface area contributed by atoms with Gasteiger partial charge in [0.25, 0.3) is 0 Å². The first-order chi connectivity index (χ1) is 8.74. The van der Waals surface area contributed by atoms with Crippen molar-refractivity contribution in [2.45, 2.75) is 13.0 Å². The number of ether oxygens (including phenoxy) is 1. The number of guanidine groups is 1. The molecule has 0 aliphatic carbocycles. The molecule has 1 amide bonds. The number of amides is 1. The average Bonchev–Trinajstić information content (AvgIpc) is 2.82. The summed E-state index contributed by atoms with van der Waals surface area (Å²) in [5, 5.41) is 2.64. The zero-order valence-electron chi connectivity index (χ0n) is 10.6. The smallest absolute Gasteiger partial charge is 0.413 e. The summed E-state index contributed by atoms with van der Waals surface area (Å²) in [6.45, 7) is 3.61. The van der Waals surface area contributed by atoms with E-state index in [0.29, 0.717) is 5.96 Å². The molecular formula is C13H17N3O2. The second-order valence-electron chi connectivity index (χ2n) is 4.03. The average molecular weight is 247 g/mol. The van der Waals surface area contributed by atoms with Crippen LogP contribution in [-0.4, -0.2) is 37.2 Å². The molecule has 0 spiro atoms. The fourth-order valence-corrected chi connectivity index (χ4v) is 1.95. The van der Waals surface area contributed by atoms with Gasteiger partial charge in [0.1, 0.15) is 0 Å². The van der Waals surface area contributed by atoms with Crippen LogP contribution in [0.4, 0.5) is 4.79 Å². The Balaban J connectivity index is 2.14. The van der Waals surface area contributed by atoms with Crippen LogP contribution in [0.1, 0.15) is 18.5 Å². The van der Waals surface area contributed by atoms with Crippen molar-refractivity contribution in [2.75, 3.05) is 20.2 Å². The normalized spacial score (nSPS) is 18.4. The third-order valence-electron chi connectivity index (χ3n) is 2.94. The zero-order valence-corrected chi connectivity index (χ0v) is 10.6. The van der Waals surface area contributed by atoms with Crippen LogP contribution in [-0.2, 0) is 4.74 Å². The van der Waals surface area contributed by atoms with Crippen molar-refractivity contribution < 1.29 is 9.53 Å². The van der Waals surface area contributed by atoms with Crippen molar-refractivity contribution in [3.63, 3.8) is 0 Å². The van der Waals surface area contributed by atoms with E-state index in [9.17, 15) is 4.79 Å². The predicted molar refractivity (Wildman–Crippen MR) is 69.4 cm³/mol. The second kappa shape index (κ2) is 5.53. The van der Waals surface area contributed by atoms with Crippen LogP contribution in [0.5, 0.6) is 0 Å². The number of nitrogens with one attached hydrogen (secondary N) is 1. The number of alkyl carbamates (subject to hydrolysis) is 1. The van der Waals surface area contributed by atoms with Crippen LogP contribution in [0.3, 0.4) is 0 Å². The number of carbonyl (C=O) groups is 1. The standard InChI is InChI=1S/C13H17N3O2/c1-3-16-9-11(10-7-5-4-6-8-10)14-12(16)15-13(17)18-2/h4-8,11H,3,9H2,1-2H3,(H,14,15,17). The van der Waals surface area contributed by atoms with Crippen LogP contribution >= 0.6 is 0 Å². The lowest BCUT2D eigenvalue weighted by Gasteiger charge is -2.18. The molecule has 1 unspecified atom stereocenters. The fourth-order valence-electron chi connectivity index (χ4n) is 1.95. The van der Waals surface area contributed by atoms with Crippen molar-refractivity contribution >= 4 is 12.1 Å². The molecule has 1 aromatic rings. The van der Waals surface area contributed by atoms with Gasteiger partial charge >= 0.3 is 6.09 Å². The SMILES string of the molecule is CCN1CC(c2ccccc2)N=C1NC(=O)OC. The van der Waals surface area contributed by atoms with Crippen molar-refractivity contribution in [1.82, 2.24) is 10.2 Å². The number of benzene rings is 1. The largest absolute Gasteiger partial charge is 0.453 e. The maximum absolute atomic E-state index is 11.2. The molecule has 1 atom stereocenters. The molecule has 0 aromatic heterocycles. The Hall–Kier alpha value is -2.04. The molecule has 1 heterocycles. The topological polar surface area (TPSA) is 53.9 Å². The van der Waals surface area contributed by atoms with Gasteiger partial charge in [-0.05, 0) is 12.5 Å². The van der Waals surface area contributed by atoms with E-state index in [1.165, 1.54) is 7.11 Å². The van der Waals surface area contributed by atoms with E-state index in [4.69, 9.17) is 0 Å². The molecule has 0 radical (unpaired) electrons. The van der Waals surface area contributed by atoms with Gasteiger partial charge in [0, 0.05) is 13.1 Å². The fraction of sp³-hybridized carbons (Fsp3) is 0.385. The lowest BCUT2D eigenvalue weighted by atomic mass is 10.1. The molecule has 1 aliphatic rings. The van der Waals surface area contributed by atoms with Crippen molar-refractivity contribution in [2.24, 2.45) is 4.99 Å². The van der Waals surface area contributed by atoms with E-state index in [-0.39, 0.29) is 6.04 Å². The minimum Gasteiger partial charge on any atom is -0.453 e. The van der Waals surface area contributed by atoms with Crippen molar-refractivity contribution in [1.29, 1.82) is 0 Å². The Morgan fingerprint density at radius 3 is 2.83 bits per heavy atom. The quantitative estimate of drug-likeness (QED) is 0.866. The molecule has 1 N–H and O–H groups in total. The summed E-state index contributed by atoms with van der Waals surface area (Å²) in [4.78, 5) is 17.8. The van der Waals surface area contributed by atoms with Crippen molar-refractivity contribution in [3.8, 4) is 0 Å². The van der Waals surface area contributed by atoms with E-state index in [0.717, 1.165) is 18.7 Å². The number of carbonyl (C=O) groups excluding carboxylic acids is 1. The van der Waals surface area contributed by atoms with E-state index in [1.54, 1.807) is 0 Å². The number of aliphatic imine (C=N–C) groups is 1. The maximum atomic E-state index is 11.2. The number of hydrogen-bond acceptors (Lipinski definition) is 4. The molecule has 0 saturated carbocycles. The number of likely N-dealkylation sites (N-methyl/N-ethyl adjacent to an activating group) is 1. The highest BCUT2D eigenvalue weighted by Gasteiger charge is 2.26. The lowest BCUT2D eigenvalue weighted by Crippen LogP contribution is -2.41. The first-order valence-corrected chi connectivity index (χ1v) is 5.97. The molecule has 5 heteroatoms. The Morgan fingerprint density at radius 2 is 2.22 bits per heavy atom. The molecule has 2 rings (SSSR count). The van der Waals surface area contributed by atoms with Crippen molar-refractivity contribution in [3.05, 3.63) is 35.9 Å². The van der Waals surface area contributed by atoms with E-state index >= 15 is 0 Å². The van der Waals surface area contributed by atoms with Crippen LogP contribution in [0.25, 0.3) is 0 Å². The molecule has 96 valence electrons. The van der Waals surface area contributed by atoms with Crippen LogP contribution in [0.15, 0.2) is 35.3 Å². The monoisotopic (exact) mass is 247 g/mol. The van der Waals surface area contributed by atoms with Gasteiger partial charge < -0.3 is 9.64 Å². The molecule has 1 aliphatic heterocycles. The second-order valence-corrected chi connectivity index (χ2v) is 4.03. The van der Waals surface area contributed by atoms with Crippen LogP contribution in [0.2, 0.25) is 0 Å². The Labute approximate surface area is 106 Å². The number of rotatable bonds is 2. The number of nitrogens with zero attached hydrogens (tertiary/aromatic N) is 2. The van der Waals surface area contributed by atoms with E-state index < -0.39 is 6.09 Å². The molecule has 0 bridgehead atoms. The highest BCUT2D eigenvalue weighted by molar-refractivity contribution is 5.94. The van der Waals surface area contributed by atoms with Gasteiger partial charge in [-0.25, -0.2) is 9.79 Å². The molecule has 0 saturated heterocycles. The van der Waals surface area contributed by atoms with Gasteiger partial charge in [-0.3, -0.25) is 5.32 Å². The van der Waals surface area contributed by atoms with Gasteiger partial charge in [-0.1, -0.05) is 30.3 Å². The summed E-state index contributed by atoms with van der Waals surface area (Å²) < 4.78 is 4.59. The summed E-state index contributed by atoms with van der Waals surface area (Å²) >= 11 is 0.